The molecule has 94 valence electrons. The number of hydrogen-bond donors (Lipinski definition) is 0. The van der Waals surface area contributed by atoms with E-state index >= 15 is 0 Å². The number of rotatable bonds is 1. The monoisotopic (exact) mass is 286 g/mol. The van der Waals surface area contributed by atoms with Crippen LogP contribution < -0.4 is 0 Å². The zero-order valence-electron chi connectivity index (χ0n) is 10.2. The maximum atomic E-state index is 12.0. The number of carbonyl (C=O) groups is 1. The Morgan fingerprint density at radius 1 is 1.32 bits per heavy atom. The van der Waals surface area contributed by atoms with Gasteiger partial charge in [0.1, 0.15) is 4.32 Å². The van der Waals surface area contributed by atoms with Crippen molar-refractivity contribution in [1.82, 2.24) is 9.88 Å². The van der Waals surface area contributed by atoms with Gasteiger partial charge in [0.2, 0.25) is 0 Å². The van der Waals surface area contributed by atoms with Gasteiger partial charge in [-0.3, -0.25) is 14.7 Å². The van der Waals surface area contributed by atoms with Crippen LogP contribution in [0.4, 0.5) is 0 Å². The van der Waals surface area contributed by atoms with Gasteiger partial charge in [-0.2, -0.15) is 0 Å². The molecule has 1 fully saturated rings. The number of benzene rings is 1. The fourth-order valence-electron chi connectivity index (χ4n) is 1.93. The Morgan fingerprint density at radius 2 is 2.11 bits per heavy atom. The minimum atomic E-state index is -0.0455. The van der Waals surface area contributed by atoms with Gasteiger partial charge in [-0.25, -0.2) is 0 Å². The Bertz CT molecular complexity index is 719. The Labute approximate surface area is 120 Å². The lowest BCUT2D eigenvalue weighted by molar-refractivity contribution is -0.121. The topological polar surface area (TPSA) is 33.2 Å². The molecular formula is C14H10N2OS2. The number of amides is 1. The first-order valence-electron chi connectivity index (χ1n) is 5.72. The molecule has 2 aromatic rings. The van der Waals surface area contributed by atoms with Crippen molar-refractivity contribution in [3.8, 4) is 0 Å². The van der Waals surface area contributed by atoms with E-state index in [-0.39, 0.29) is 5.91 Å². The summed E-state index contributed by atoms with van der Waals surface area (Å²) in [6.07, 6.45) is 3.63. The molecule has 0 aliphatic carbocycles. The Balaban J connectivity index is 2.12. The molecule has 0 unspecified atom stereocenters. The Morgan fingerprint density at radius 3 is 2.84 bits per heavy atom. The minimum Gasteiger partial charge on any atom is -0.296 e. The standard InChI is InChI=1S/C14H10N2OS2/c1-16-13(17)12(19-14(16)18)8-9-6-7-15-11-5-3-2-4-10(9)11/h2-8H,1H3/b12-8-. The first-order valence-corrected chi connectivity index (χ1v) is 6.94. The summed E-state index contributed by atoms with van der Waals surface area (Å²) in [5.74, 6) is -0.0455. The number of para-hydroxylation sites is 1. The molecular weight excluding hydrogens is 276 g/mol. The van der Waals surface area contributed by atoms with Crippen LogP contribution in [0.25, 0.3) is 17.0 Å². The van der Waals surface area contributed by atoms with Gasteiger partial charge in [-0.05, 0) is 23.8 Å². The SMILES string of the molecule is CN1C(=O)/C(=C/c2ccnc3ccccc23)SC1=S. The second-order valence-electron chi connectivity index (χ2n) is 4.16. The van der Waals surface area contributed by atoms with Gasteiger partial charge >= 0.3 is 0 Å². The molecule has 0 N–H and O–H groups in total. The van der Waals surface area contributed by atoms with Crippen LogP contribution in [0.15, 0.2) is 41.4 Å². The van der Waals surface area contributed by atoms with E-state index in [1.165, 1.54) is 16.7 Å². The van der Waals surface area contributed by atoms with Crippen LogP contribution in [0.1, 0.15) is 5.56 Å². The summed E-state index contributed by atoms with van der Waals surface area (Å²) in [5.41, 5.74) is 1.91. The number of thioether (sulfide) groups is 1. The summed E-state index contributed by atoms with van der Waals surface area (Å²) in [6.45, 7) is 0. The molecule has 1 aliphatic rings. The fourth-order valence-corrected chi connectivity index (χ4v) is 3.10. The molecule has 1 aliphatic heterocycles. The lowest BCUT2D eigenvalue weighted by Gasteiger charge is -2.04. The van der Waals surface area contributed by atoms with Gasteiger partial charge in [-0.1, -0.05) is 42.2 Å². The Hall–Kier alpha value is -1.72. The van der Waals surface area contributed by atoms with Gasteiger partial charge in [0, 0.05) is 18.6 Å². The van der Waals surface area contributed by atoms with Crippen molar-refractivity contribution in [3.63, 3.8) is 0 Å². The quantitative estimate of drug-likeness (QED) is 0.596. The highest BCUT2D eigenvalue weighted by atomic mass is 32.2. The van der Waals surface area contributed by atoms with E-state index in [9.17, 15) is 4.79 Å². The van der Waals surface area contributed by atoms with Gasteiger partial charge in [-0.15, -0.1) is 0 Å². The van der Waals surface area contributed by atoms with Gasteiger partial charge in [0.15, 0.2) is 0 Å². The number of thiocarbonyl (C=S) groups is 1. The van der Waals surface area contributed by atoms with Crippen molar-refractivity contribution < 1.29 is 4.79 Å². The van der Waals surface area contributed by atoms with Crippen LogP contribution in [0.5, 0.6) is 0 Å². The van der Waals surface area contributed by atoms with E-state index in [0.717, 1.165) is 16.5 Å². The average Bonchev–Trinajstić information content (AvgIpc) is 2.67. The van der Waals surface area contributed by atoms with Crippen LogP contribution in [0.3, 0.4) is 0 Å². The van der Waals surface area contributed by atoms with Crippen molar-refractivity contribution in [2.75, 3.05) is 7.05 Å². The summed E-state index contributed by atoms with van der Waals surface area (Å²) in [4.78, 5) is 18.4. The summed E-state index contributed by atoms with van der Waals surface area (Å²) >= 11 is 6.46. The molecule has 1 amide bonds. The number of likely N-dealkylation sites (N-methyl/N-ethyl adjacent to an activating group) is 1. The largest absolute Gasteiger partial charge is 0.296 e. The first kappa shape index (κ1) is 12.3. The van der Waals surface area contributed by atoms with Gasteiger partial charge < -0.3 is 0 Å². The lowest BCUT2D eigenvalue weighted by Crippen LogP contribution is -2.22. The maximum absolute atomic E-state index is 12.0. The van der Waals surface area contributed by atoms with Crippen molar-refractivity contribution in [2.45, 2.75) is 0 Å². The molecule has 0 bridgehead atoms. The molecule has 1 aromatic heterocycles. The van der Waals surface area contributed by atoms with E-state index in [1.54, 1.807) is 13.2 Å². The van der Waals surface area contributed by atoms with Crippen LogP contribution >= 0.6 is 24.0 Å². The molecule has 19 heavy (non-hydrogen) atoms. The lowest BCUT2D eigenvalue weighted by atomic mass is 10.1. The second-order valence-corrected chi connectivity index (χ2v) is 5.83. The summed E-state index contributed by atoms with van der Waals surface area (Å²) < 4.78 is 0.592. The third-order valence-electron chi connectivity index (χ3n) is 2.96. The molecule has 0 atom stereocenters. The van der Waals surface area contributed by atoms with E-state index in [1.807, 2.05) is 36.4 Å². The number of hydrogen-bond acceptors (Lipinski definition) is 4. The summed E-state index contributed by atoms with van der Waals surface area (Å²) in [6, 6.07) is 9.78. The molecule has 1 aromatic carbocycles. The van der Waals surface area contributed by atoms with Crippen molar-refractivity contribution >= 4 is 51.2 Å². The van der Waals surface area contributed by atoms with Crippen LogP contribution in [0.2, 0.25) is 0 Å². The van der Waals surface area contributed by atoms with Crippen molar-refractivity contribution in [3.05, 3.63) is 47.0 Å². The molecule has 2 heterocycles. The van der Waals surface area contributed by atoms with Gasteiger partial charge in [0.05, 0.1) is 10.4 Å². The molecule has 0 spiro atoms. The van der Waals surface area contributed by atoms with E-state index in [2.05, 4.69) is 4.98 Å². The molecule has 3 nitrogen and oxygen atoms in total. The molecule has 1 saturated heterocycles. The summed E-state index contributed by atoms with van der Waals surface area (Å²) in [5, 5.41) is 1.03. The highest BCUT2D eigenvalue weighted by molar-refractivity contribution is 8.26. The third kappa shape index (κ3) is 2.15. The first-order chi connectivity index (χ1) is 9.16. The molecule has 3 rings (SSSR count). The van der Waals surface area contributed by atoms with Gasteiger partial charge in [0.25, 0.3) is 5.91 Å². The summed E-state index contributed by atoms with van der Waals surface area (Å²) in [7, 11) is 1.70. The van der Waals surface area contributed by atoms with Crippen molar-refractivity contribution in [2.24, 2.45) is 0 Å². The van der Waals surface area contributed by atoms with E-state index < -0.39 is 0 Å². The average molecular weight is 286 g/mol. The van der Waals surface area contributed by atoms with Crippen LogP contribution in [-0.4, -0.2) is 27.2 Å². The second kappa shape index (κ2) is 4.75. The van der Waals surface area contributed by atoms with Crippen LogP contribution in [0, 0.1) is 0 Å². The number of carbonyl (C=O) groups excluding carboxylic acids is 1. The highest BCUT2D eigenvalue weighted by Crippen LogP contribution is 2.32. The zero-order chi connectivity index (χ0) is 13.4. The molecule has 0 radical (unpaired) electrons. The normalized spacial score (nSPS) is 17.7. The predicted octanol–water partition coefficient (Wildman–Crippen LogP) is 3.07. The van der Waals surface area contributed by atoms with Crippen LogP contribution in [-0.2, 0) is 4.79 Å². The fraction of sp³-hybridized carbons (Fsp3) is 0.0714. The van der Waals surface area contributed by atoms with E-state index in [0.29, 0.717) is 9.23 Å². The highest BCUT2D eigenvalue weighted by Gasteiger charge is 2.28. The maximum Gasteiger partial charge on any atom is 0.265 e. The van der Waals surface area contributed by atoms with E-state index in [4.69, 9.17) is 12.2 Å². The predicted molar refractivity (Wildman–Crippen MR) is 82.7 cm³/mol. The number of fused-ring (bicyclic) bond motifs is 1. The third-order valence-corrected chi connectivity index (χ3v) is 4.44. The minimum absolute atomic E-state index is 0.0455. The zero-order valence-corrected chi connectivity index (χ0v) is 11.8. The van der Waals surface area contributed by atoms with Crippen molar-refractivity contribution in [1.29, 1.82) is 0 Å². The number of nitrogens with zero attached hydrogens (tertiary/aromatic N) is 2. The molecule has 5 heteroatoms. The smallest absolute Gasteiger partial charge is 0.265 e. The Kier molecular flexibility index (Phi) is 3.08. The molecule has 0 saturated carbocycles. The number of aromatic nitrogens is 1. The number of pyridine rings is 1.